The van der Waals surface area contributed by atoms with Crippen molar-refractivity contribution < 1.29 is 9.53 Å². The van der Waals surface area contributed by atoms with Gasteiger partial charge in [0.15, 0.2) is 0 Å². The summed E-state index contributed by atoms with van der Waals surface area (Å²) < 4.78 is 5.23. The van der Waals surface area contributed by atoms with Crippen LogP contribution in [0.3, 0.4) is 0 Å². The van der Waals surface area contributed by atoms with Gasteiger partial charge in [0, 0.05) is 19.0 Å². The zero-order valence-corrected chi connectivity index (χ0v) is 10.7. The predicted octanol–water partition coefficient (Wildman–Crippen LogP) is 1.89. The first-order chi connectivity index (χ1) is 7.84. The molecule has 6 heteroatoms. The maximum atomic E-state index is 10.9. The second-order valence-corrected chi connectivity index (χ2v) is 5.60. The van der Waals surface area contributed by atoms with Gasteiger partial charge in [-0.25, -0.2) is 4.79 Å². The second kappa shape index (κ2) is 5.33. The van der Waals surface area contributed by atoms with Crippen molar-refractivity contribution in [1.29, 1.82) is 0 Å². The third kappa shape index (κ3) is 3.87. The number of carbonyl (C=O) groups is 1. The van der Waals surface area contributed by atoms with E-state index in [1.807, 2.05) is 20.8 Å². The Morgan fingerprint density at radius 2 is 1.94 bits per heavy atom. The van der Waals surface area contributed by atoms with E-state index >= 15 is 0 Å². The molecule has 1 heterocycles. The standard InChI is InChI=1S/C11H21N3O3/c1-11(2,3)9(17-10(12)15)8-4-6-14(13-16)7-5-8/h8-9H,4-7H2,1-3H3,(H2,12,15). The monoisotopic (exact) mass is 243 g/mol. The van der Waals surface area contributed by atoms with Gasteiger partial charge in [-0.15, -0.1) is 4.91 Å². The molecule has 0 spiro atoms. The summed E-state index contributed by atoms with van der Waals surface area (Å²) in [5.74, 6) is 0.237. The molecule has 1 unspecified atom stereocenters. The van der Waals surface area contributed by atoms with Crippen LogP contribution in [-0.2, 0) is 4.74 Å². The molecule has 1 fully saturated rings. The summed E-state index contributed by atoms with van der Waals surface area (Å²) in [6.45, 7) is 7.28. The van der Waals surface area contributed by atoms with Crippen molar-refractivity contribution >= 4 is 6.09 Å². The Bertz CT molecular complexity index is 280. The average Bonchev–Trinajstić information content (AvgIpc) is 2.24. The van der Waals surface area contributed by atoms with E-state index in [0.717, 1.165) is 12.8 Å². The van der Waals surface area contributed by atoms with Crippen LogP contribution in [0.5, 0.6) is 0 Å². The van der Waals surface area contributed by atoms with Gasteiger partial charge in [0.1, 0.15) is 6.10 Å². The molecule has 98 valence electrons. The fraction of sp³-hybridized carbons (Fsp3) is 0.909. The van der Waals surface area contributed by atoms with E-state index in [0.29, 0.717) is 13.1 Å². The predicted molar refractivity (Wildman–Crippen MR) is 64.0 cm³/mol. The second-order valence-electron chi connectivity index (χ2n) is 5.60. The van der Waals surface area contributed by atoms with Crippen LogP contribution < -0.4 is 5.73 Å². The maximum Gasteiger partial charge on any atom is 0.404 e. The van der Waals surface area contributed by atoms with Gasteiger partial charge in [-0.05, 0) is 18.3 Å². The van der Waals surface area contributed by atoms with E-state index in [1.54, 1.807) is 0 Å². The highest BCUT2D eigenvalue weighted by Crippen LogP contribution is 2.34. The van der Waals surface area contributed by atoms with Crippen LogP contribution in [0.1, 0.15) is 33.6 Å². The van der Waals surface area contributed by atoms with Gasteiger partial charge >= 0.3 is 6.09 Å². The number of nitrogens with zero attached hydrogens (tertiary/aromatic N) is 2. The highest BCUT2D eigenvalue weighted by Gasteiger charge is 2.37. The number of carbonyl (C=O) groups excluding carboxylic acids is 1. The third-order valence-electron chi connectivity index (χ3n) is 3.16. The van der Waals surface area contributed by atoms with Gasteiger partial charge in [-0.2, -0.15) is 0 Å². The van der Waals surface area contributed by atoms with E-state index in [9.17, 15) is 9.70 Å². The van der Waals surface area contributed by atoms with Gasteiger partial charge in [0.2, 0.25) is 0 Å². The summed E-state index contributed by atoms with van der Waals surface area (Å²) in [6.07, 6.45) is 0.636. The SMILES string of the molecule is CC(C)(C)C(OC(N)=O)C1CCN(N=O)CC1. The van der Waals surface area contributed by atoms with E-state index in [1.165, 1.54) is 5.01 Å². The van der Waals surface area contributed by atoms with Crippen LogP contribution in [0, 0.1) is 16.2 Å². The quantitative estimate of drug-likeness (QED) is 0.767. The summed E-state index contributed by atoms with van der Waals surface area (Å²) >= 11 is 0. The fourth-order valence-corrected chi connectivity index (χ4v) is 2.38. The van der Waals surface area contributed by atoms with Gasteiger partial charge in [-0.3, -0.25) is 5.01 Å². The number of piperidine rings is 1. The Kier molecular flexibility index (Phi) is 4.31. The molecule has 17 heavy (non-hydrogen) atoms. The topological polar surface area (TPSA) is 85.0 Å². The van der Waals surface area contributed by atoms with Crippen molar-refractivity contribution in [1.82, 2.24) is 5.01 Å². The lowest BCUT2D eigenvalue weighted by molar-refractivity contribution is -0.0237. The van der Waals surface area contributed by atoms with Crippen LogP contribution in [-0.4, -0.2) is 30.3 Å². The van der Waals surface area contributed by atoms with E-state index in [-0.39, 0.29) is 17.4 Å². The van der Waals surface area contributed by atoms with Crippen molar-refractivity contribution in [3.63, 3.8) is 0 Å². The molecule has 1 aliphatic heterocycles. The Balaban J connectivity index is 2.65. The molecule has 0 aromatic heterocycles. The minimum absolute atomic E-state index is 0.156. The third-order valence-corrected chi connectivity index (χ3v) is 3.16. The summed E-state index contributed by atoms with van der Waals surface area (Å²) in [5, 5.41) is 4.42. The number of nitroso groups, excluding NO2 is 1. The van der Waals surface area contributed by atoms with Crippen molar-refractivity contribution in [2.75, 3.05) is 13.1 Å². The Hall–Kier alpha value is -1.33. The van der Waals surface area contributed by atoms with Gasteiger partial charge in [-0.1, -0.05) is 20.8 Å². The zero-order valence-electron chi connectivity index (χ0n) is 10.7. The zero-order chi connectivity index (χ0) is 13.1. The molecule has 0 aliphatic carbocycles. The molecule has 0 aromatic carbocycles. The molecule has 1 saturated heterocycles. The van der Waals surface area contributed by atoms with E-state index in [2.05, 4.69) is 5.29 Å². The Morgan fingerprint density at radius 1 is 1.41 bits per heavy atom. The number of hydrogen-bond acceptors (Lipinski definition) is 4. The first kappa shape index (κ1) is 13.7. The molecule has 1 atom stereocenters. The lowest BCUT2D eigenvalue weighted by atomic mass is 9.77. The van der Waals surface area contributed by atoms with Gasteiger partial charge in [0.05, 0.1) is 5.29 Å². The minimum Gasteiger partial charge on any atom is -0.446 e. The highest BCUT2D eigenvalue weighted by atomic mass is 16.6. The Labute approximate surface area is 101 Å². The number of hydrogen-bond donors (Lipinski definition) is 1. The molecule has 0 saturated carbocycles. The van der Waals surface area contributed by atoms with E-state index < -0.39 is 6.09 Å². The summed E-state index contributed by atoms with van der Waals surface area (Å²) in [4.78, 5) is 21.3. The highest BCUT2D eigenvalue weighted by molar-refractivity contribution is 5.64. The summed E-state index contributed by atoms with van der Waals surface area (Å²) in [5.41, 5.74) is 4.95. The van der Waals surface area contributed by atoms with E-state index in [4.69, 9.17) is 10.5 Å². The molecule has 2 N–H and O–H groups in total. The molecule has 0 bridgehead atoms. The molecule has 6 nitrogen and oxygen atoms in total. The van der Waals surface area contributed by atoms with Crippen molar-refractivity contribution in [2.24, 2.45) is 22.4 Å². The van der Waals surface area contributed by atoms with Crippen molar-refractivity contribution in [2.45, 2.75) is 39.7 Å². The van der Waals surface area contributed by atoms with Crippen LogP contribution in [0.4, 0.5) is 4.79 Å². The van der Waals surface area contributed by atoms with Gasteiger partial charge < -0.3 is 10.5 Å². The average molecular weight is 243 g/mol. The molecule has 0 radical (unpaired) electrons. The number of primary amides is 1. The number of amides is 1. The first-order valence-electron chi connectivity index (χ1n) is 5.89. The van der Waals surface area contributed by atoms with Crippen LogP contribution >= 0.6 is 0 Å². The molecule has 1 aliphatic rings. The maximum absolute atomic E-state index is 10.9. The smallest absolute Gasteiger partial charge is 0.404 e. The number of ether oxygens (including phenoxy) is 1. The minimum atomic E-state index is -0.735. The lowest BCUT2D eigenvalue weighted by Crippen LogP contribution is -2.44. The molecule has 0 aromatic rings. The normalized spacial score (nSPS) is 19.8. The molecular formula is C11H21N3O3. The van der Waals surface area contributed by atoms with Gasteiger partial charge in [0.25, 0.3) is 0 Å². The largest absolute Gasteiger partial charge is 0.446 e. The van der Waals surface area contributed by atoms with Crippen LogP contribution in [0.25, 0.3) is 0 Å². The summed E-state index contributed by atoms with van der Waals surface area (Å²) in [7, 11) is 0. The molecule has 1 rings (SSSR count). The molecule has 1 amide bonds. The summed E-state index contributed by atoms with van der Waals surface area (Å²) in [6, 6.07) is 0. The van der Waals surface area contributed by atoms with Crippen LogP contribution in [0.2, 0.25) is 0 Å². The lowest BCUT2D eigenvalue weighted by Gasteiger charge is -2.39. The number of rotatable bonds is 3. The molecular weight excluding hydrogens is 222 g/mol. The van der Waals surface area contributed by atoms with Crippen molar-refractivity contribution in [3.05, 3.63) is 4.91 Å². The van der Waals surface area contributed by atoms with Crippen LogP contribution in [0.15, 0.2) is 5.29 Å². The van der Waals surface area contributed by atoms with Crippen molar-refractivity contribution in [3.8, 4) is 0 Å². The fourth-order valence-electron chi connectivity index (χ4n) is 2.38. The Morgan fingerprint density at radius 3 is 2.29 bits per heavy atom. The number of nitrogens with two attached hydrogens (primary N) is 1. The first-order valence-corrected chi connectivity index (χ1v) is 5.89.